The molecule has 0 amide bonds. The summed E-state index contributed by atoms with van der Waals surface area (Å²) in [6, 6.07) is 1.87. The molecule has 94 valence electrons. The molecule has 0 bridgehead atoms. The zero-order valence-corrected chi connectivity index (χ0v) is 10.7. The number of hydrogen-bond donors (Lipinski definition) is 3. The molecule has 0 saturated heterocycles. The Morgan fingerprint density at radius 3 is 3.00 bits per heavy atom. The summed E-state index contributed by atoms with van der Waals surface area (Å²) in [5, 5.41) is 14.0. The van der Waals surface area contributed by atoms with E-state index in [1.165, 1.54) is 0 Å². The summed E-state index contributed by atoms with van der Waals surface area (Å²) in [4.78, 5) is 8.49. The Kier molecular flexibility index (Phi) is 2.34. The molecule has 0 spiro atoms. The van der Waals surface area contributed by atoms with E-state index in [1.54, 1.807) is 6.20 Å². The van der Waals surface area contributed by atoms with Gasteiger partial charge in [-0.2, -0.15) is 5.10 Å². The van der Waals surface area contributed by atoms with E-state index in [0.717, 1.165) is 29.3 Å². The molecule has 1 aliphatic heterocycles. The van der Waals surface area contributed by atoms with Crippen LogP contribution >= 0.6 is 0 Å². The molecule has 0 unspecified atom stereocenters. The minimum atomic E-state index is -0.0598. The van der Waals surface area contributed by atoms with Gasteiger partial charge < -0.3 is 10.6 Å². The average molecular weight is 244 g/mol. The van der Waals surface area contributed by atoms with Gasteiger partial charge in [-0.1, -0.05) is 0 Å². The van der Waals surface area contributed by atoms with E-state index in [-0.39, 0.29) is 5.54 Å². The second-order valence-corrected chi connectivity index (χ2v) is 5.05. The SMILES string of the molecule is Cc1ccnc(Nc2n[nH]c3c2CNC3(C)C)n1. The molecule has 18 heavy (non-hydrogen) atoms. The summed E-state index contributed by atoms with van der Waals surface area (Å²) in [7, 11) is 0. The summed E-state index contributed by atoms with van der Waals surface area (Å²) in [5.41, 5.74) is 3.15. The van der Waals surface area contributed by atoms with Crippen molar-refractivity contribution in [1.82, 2.24) is 25.5 Å². The van der Waals surface area contributed by atoms with E-state index in [9.17, 15) is 0 Å². The number of hydrogen-bond acceptors (Lipinski definition) is 5. The van der Waals surface area contributed by atoms with Crippen LogP contribution < -0.4 is 10.6 Å². The van der Waals surface area contributed by atoms with Crippen LogP contribution in [0.3, 0.4) is 0 Å². The van der Waals surface area contributed by atoms with Crippen molar-refractivity contribution in [3.8, 4) is 0 Å². The quantitative estimate of drug-likeness (QED) is 0.747. The lowest BCUT2D eigenvalue weighted by Crippen LogP contribution is -2.29. The monoisotopic (exact) mass is 244 g/mol. The van der Waals surface area contributed by atoms with Crippen LogP contribution in [0.5, 0.6) is 0 Å². The van der Waals surface area contributed by atoms with Gasteiger partial charge in [0.25, 0.3) is 0 Å². The predicted octanol–water partition coefficient (Wildman–Crippen LogP) is 1.59. The Bertz CT molecular complexity index is 586. The fourth-order valence-corrected chi connectivity index (χ4v) is 2.17. The number of aromatic nitrogens is 4. The van der Waals surface area contributed by atoms with Crippen molar-refractivity contribution in [2.24, 2.45) is 0 Å². The largest absolute Gasteiger partial charge is 0.307 e. The number of aryl methyl sites for hydroxylation is 1. The second-order valence-electron chi connectivity index (χ2n) is 5.05. The lowest BCUT2D eigenvalue weighted by molar-refractivity contribution is 0.429. The molecule has 0 radical (unpaired) electrons. The topological polar surface area (TPSA) is 78.5 Å². The smallest absolute Gasteiger partial charge is 0.228 e. The maximum atomic E-state index is 4.31. The third-order valence-electron chi connectivity index (χ3n) is 3.22. The summed E-state index contributed by atoms with van der Waals surface area (Å²) in [6.07, 6.45) is 1.74. The number of aromatic amines is 1. The predicted molar refractivity (Wildman–Crippen MR) is 68.5 cm³/mol. The first-order valence-corrected chi connectivity index (χ1v) is 5.96. The Morgan fingerprint density at radius 2 is 2.22 bits per heavy atom. The highest BCUT2D eigenvalue weighted by molar-refractivity contribution is 5.57. The van der Waals surface area contributed by atoms with Crippen molar-refractivity contribution in [2.75, 3.05) is 5.32 Å². The summed E-state index contributed by atoms with van der Waals surface area (Å²) < 4.78 is 0. The molecule has 0 aromatic carbocycles. The highest BCUT2D eigenvalue weighted by Crippen LogP contribution is 2.33. The van der Waals surface area contributed by atoms with Gasteiger partial charge in [-0.3, -0.25) is 5.10 Å². The Hall–Kier alpha value is -1.95. The molecule has 3 heterocycles. The van der Waals surface area contributed by atoms with Crippen molar-refractivity contribution in [2.45, 2.75) is 32.9 Å². The zero-order valence-electron chi connectivity index (χ0n) is 10.7. The van der Waals surface area contributed by atoms with E-state index in [1.807, 2.05) is 13.0 Å². The Balaban J connectivity index is 1.92. The maximum Gasteiger partial charge on any atom is 0.228 e. The van der Waals surface area contributed by atoms with Crippen molar-refractivity contribution in [1.29, 1.82) is 0 Å². The van der Waals surface area contributed by atoms with Gasteiger partial charge in [0.2, 0.25) is 5.95 Å². The summed E-state index contributed by atoms with van der Waals surface area (Å²) in [5.74, 6) is 1.38. The van der Waals surface area contributed by atoms with Gasteiger partial charge in [0.1, 0.15) is 0 Å². The third-order valence-corrected chi connectivity index (χ3v) is 3.22. The highest BCUT2D eigenvalue weighted by atomic mass is 15.3. The lowest BCUT2D eigenvalue weighted by atomic mass is 10.0. The fraction of sp³-hybridized carbons (Fsp3) is 0.417. The minimum absolute atomic E-state index is 0.0598. The molecule has 0 aliphatic carbocycles. The summed E-state index contributed by atoms with van der Waals surface area (Å²) >= 11 is 0. The van der Waals surface area contributed by atoms with Gasteiger partial charge in [0.15, 0.2) is 5.82 Å². The van der Waals surface area contributed by atoms with Crippen molar-refractivity contribution < 1.29 is 0 Å². The molecule has 3 rings (SSSR count). The van der Waals surface area contributed by atoms with Gasteiger partial charge >= 0.3 is 0 Å². The van der Waals surface area contributed by atoms with Crippen LogP contribution in [0.15, 0.2) is 12.3 Å². The first-order valence-electron chi connectivity index (χ1n) is 5.96. The number of anilines is 2. The lowest BCUT2D eigenvalue weighted by Gasteiger charge is -2.16. The highest BCUT2D eigenvalue weighted by Gasteiger charge is 2.33. The Labute approximate surface area is 105 Å². The molecule has 0 atom stereocenters. The molecule has 2 aromatic heterocycles. The van der Waals surface area contributed by atoms with Crippen LogP contribution in [-0.2, 0) is 12.1 Å². The van der Waals surface area contributed by atoms with Crippen molar-refractivity contribution in [3.63, 3.8) is 0 Å². The molecule has 0 saturated carbocycles. The van der Waals surface area contributed by atoms with E-state index in [2.05, 4.69) is 44.6 Å². The molecule has 3 N–H and O–H groups in total. The van der Waals surface area contributed by atoms with Crippen LogP contribution in [0.2, 0.25) is 0 Å². The maximum absolute atomic E-state index is 4.31. The number of rotatable bonds is 2. The second kappa shape index (κ2) is 3.78. The van der Waals surface area contributed by atoms with E-state index < -0.39 is 0 Å². The van der Waals surface area contributed by atoms with Crippen molar-refractivity contribution in [3.05, 3.63) is 29.2 Å². The first kappa shape index (κ1) is 11.2. The number of H-pyrrole nitrogens is 1. The normalized spacial score (nSPS) is 16.6. The minimum Gasteiger partial charge on any atom is -0.307 e. The third kappa shape index (κ3) is 1.74. The van der Waals surface area contributed by atoms with E-state index >= 15 is 0 Å². The molecule has 0 fully saturated rings. The average Bonchev–Trinajstić information content (AvgIpc) is 2.82. The van der Waals surface area contributed by atoms with Gasteiger partial charge in [-0.05, 0) is 26.8 Å². The van der Waals surface area contributed by atoms with Crippen molar-refractivity contribution >= 4 is 11.8 Å². The first-order chi connectivity index (χ1) is 8.56. The molecular formula is C12H16N6. The molecule has 2 aromatic rings. The van der Waals surface area contributed by atoms with Gasteiger partial charge in [-0.25, -0.2) is 9.97 Å². The zero-order chi connectivity index (χ0) is 12.8. The number of nitrogens with zero attached hydrogens (tertiary/aromatic N) is 3. The molecule has 6 nitrogen and oxygen atoms in total. The molecule has 1 aliphatic rings. The van der Waals surface area contributed by atoms with Gasteiger partial charge in [0, 0.05) is 24.0 Å². The summed E-state index contributed by atoms with van der Waals surface area (Å²) in [6.45, 7) is 6.99. The van der Waals surface area contributed by atoms with E-state index in [0.29, 0.717) is 5.95 Å². The Morgan fingerprint density at radius 1 is 1.39 bits per heavy atom. The number of nitrogens with one attached hydrogen (secondary N) is 3. The number of fused-ring (bicyclic) bond motifs is 1. The van der Waals surface area contributed by atoms with Gasteiger partial charge in [0.05, 0.1) is 11.2 Å². The van der Waals surface area contributed by atoms with Crippen LogP contribution in [0.1, 0.15) is 30.8 Å². The molecule has 6 heteroatoms. The van der Waals surface area contributed by atoms with Crippen LogP contribution in [0.25, 0.3) is 0 Å². The standard InChI is InChI=1S/C12H16N6/c1-7-4-5-13-11(15-7)16-10-8-6-14-12(2,3)9(8)17-18-10/h4-5,14H,6H2,1-3H3,(H2,13,15,16,17,18). The van der Waals surface area contributed by atoms with E-state index in [4.69, 9.17) is 0 Å². The van der Waals surface area contributed by atoms with Crippen LogP contribution in [-0.4, -0.2) is 20.2 Å². The van der Waals surface area contributed by atoms with Gasteiger partial charge in [-0.15, -0.1) is 0 Å². The molecular weight excluding hydrogens is 228 g/mol. The van der Waals surface area contributed by atoms with Crippen LogP contribution in [0, 0.1) is 6.92 Å². The van der Waals surface area contributed by atoms with Crippen LogP contribution in [0.4, 0.5) is 11.8 Å². The fourth-order valence-electron chi connectivity index (χ4n) is 2.17.